The molecular weight excluding hydrogens is 468 g/mol. The summed E-state index contributed by atoms with van der Waals surface area (Å²) in [5.41, 5.74) is 1.39. The number of hydrogen-bond donors (Lipinski definition) is 1. The Labute approximate surface area is 197 Å². The zero-order valence-electron chi connectivity index (χ0n) is 17.8. The summed E-state index contributed by atoms with van der Waals surface area (Å²) in [7, 11) is -2.21. The van der Waals surface area contributed by atoms with Crippen LogP contribution >= 0.6 is 23.4 Å². The number of nitrogens with one attached hydrogen (secondary N) is 1. The van der Waals surface area contributed by atoms with Gasteiger partial charge in [-0.1, -0.05) is 11.6 Å². The van der Waals surface area contributed by atoms with Crippen LogP contribution in [0.25, 0.3) is 0 Å². The number of carbonyl (C=O) groups is 1. The first-order chi connectivity index (χ1) is 15.3. The van der Waals surface area contributed by atoms with Crippen LogP contribution in [-0.4, -0.2) is 34.2 Å². The van der Waals surface area contributed by atoms with E-state index < -0.39 is 10.0 Å². The van der Waals surface area contributed by atoms with Gasteiger partial charge in [0, 0.05) is 22.7 Å². The minimum atomic E-state index is -3.73. The van der Waals surface area contributed by atoms with Gasteiger partial charge in [0.05, 0.1) is 22.7 Å². The predicted molar refractivity (Wildman–Crippen MR) is 131 cm³/mol. The lowest BCUT2D eigenvalue weighted by atomic mass is 10.2. The molecule has 3 aromatic carbocycles. The topological polar surface area (TPSA) is 75.7 Å². The normalized spacial score (nSPS) is 11.1. The third kappa shape index (κ3) is 5.20. The zero-order valence-corrected chi connectivity index (χ0v) is 20.2. The second-order valence-electron chi connectivity index (χ2n) is 6.70. The molecule has 0 bridgehead atoms. The summed E-state index contributed by atoms with van der Waals surface area (Å²) in [4.78, 5) is 13.8. The van der Waals surface area contributed by atoms with E-state index in [1.807, 2.05) is 6.26 Å². The monoisotopic (exact) mass is 490 g/mol. The van der Waals surface area contributed by atoms with Gasteiger partial charge in [0.1, 0.15) is 5.75 Å². The lowest BCUT2D eigenvalue weighted by molar-refractivity contribution is 0.102. The molecule has 0 aromatic heterocycles. The van der Waals surface area contributed by atoms with Crippen LogP contribution in [0.4, 0.5) is 11.4 Å². The molecule has 0 radical (unpaired) electrons. The largest absolute Gasteiger partial charge is 0.495 e. The molecule has 168 valence electrons. The Morgan fingerprint density at radius 2 is 1.72 bits per heavy atom. The number of nitrogens with zero attached hydrogens (tertiary/aromatic N) is 1. The number of halogens is 1. The molecule has 0 aliphatic heterocycles. The fourth-order valence-electron chi connectivity index (χ4n) is 3.09. The highest BCUT2D eigenvalue weighted by Crippen LogP contribution is 2.28. The zero-order chi connectivity index (χ0) is 23.3. The van der Waals surface area contributed by atoms with Crippen molar-refractivity contribution in [2.45, 2.75) is 16.7 Å². The van der Waals surface area contributed by atoms with Crippen LogP contribution in [0.15, 0.2) is 76.5 Å². The van der Waals surface area contributed by atoms with Crippen molar-refractivity contribution in [1.82, 2.24) is 0 Å². The first-order valence-corrected chi connectivity index (χ1v) is 12.8. The van der Waals surface area contributed by atoms with Crippen LogP contribution in [-0.2, 0) is 10.0 Å². The van der Waals surface area contributed by atoms with Crippen LogP contribution in [0.2, 0.25) is 5.02 Å². The summed E-state index contributed by atoms with van der Waals surface area (Å²) in [5, 5.41) is 3.15. The Hall–Kier alpha value is -2.68. The number of hydrogen-bond acceptors (Lipinski definition) is 5. The molecule has 0 spiro atoms. The van der Waals surface area contributed by atoms with Crippen LogP contribution in [0, 0.1) is 0 Å². The van der Waals surface area contributed by atoms with E-state index in [1.165, 1.54) is 11.4 Å². The number of carbonyl (C=O) groups excluding carboxylic acids is 1. The van der Waals surface area contributed by atoms with Gasteiger partial charge in [-0.15, -0.1) is 11.8 Å². The van der Waals surface area contributed by atoms with Gasteiger partial charge in [0.15, 0.2) is 0 Å². The molecule has 1 amide bonds. The van der Waals surface area contributed by atoms with Gasteiger partial charge in [-0.25, -0.2) is 8.42 Å². The SMILES string of the molecule is CCN(c1ccc(C(=O)Nc2ccc(OC)c(Cl)c2)cc1)S(=O)(=O)c1ccc(SC)cc1. The highest BCUT2D eigenvalue weighted by Gasteiger charge is 2.23. The minimum Gasteiger partial charge on any atom is -0.495 e. The van der Waals surface area contributed by atoms with Crippen LogP contribution in [0.5, 0.6) is 5.75 Å². The number of sulfonamides is 1. The van der Waals surface area contributed by atoms with E-state index in [1.54, 1.807) is 85.4 Å². The quantitative estimate of drug-likeness (QED) is 0.420. The lowest BCUT2D eigenvalue weighted by Crippen LogP contribution is -2.30. The maximum atomic E-state index is 13.1. The van der Waals surface area contributed by atoms with E-state index >= 15 is 0 Å². The number of methoxy groups -OCH3 is 1. The van der Waals surface area contributed by atoms with E-state index in [4.69, 9.17) is 16.3 Å². The van der Waals surface area contributed by atoms with Crippen molar-refractivity contribution >= 4 is 50.7 Å². The average molecular weight is 491 g/mol. The summed E-state index contributed by atoms with van der Waals surface area (Å²) in [6.45, 7) is 2.02. The molecule has 6 nitrogen and oxygen atoms in total. The van der Waals surface area contributed by atoms with Crippen molar-refractivity contribution in [3.8, 4) is 5.75 Å². The van der Waals surface area contributed by atoms with Gasteiger partial charge in [-0.3, -0.25) is 9.10 Å². The molecule has 0 saturated heterocycles. The Balaban J connectivity index is 1.79. The maximum Gasteiger partial charge on any atom is 0.264 e. The second kappa shape index (κ2) is 10.3. The van der Waals surface area contributed by atoms with Gasteiger partial charge >= 0.3 is 0 Å². The molecule has 1 N–H and O–H groups in total. The Bertz CT molecular complexity index is 1200. The third-order valence-electron chi connectivity index (χ3n) is 4.76. The van der Waals surface area contributed by atoms with Gasteiger partial charge in [-0.05, 0) is 79.9 Å². The molecule has 9 heteroatoms. The van der Waals surface area contributed by atoms with Crippen molar-refractivity contribution in [2.24, 2.45) is 0 Å². The standard InChI is InChI=1S/C23H23ClN2O4S2/c1-4-26(32(28,29)20-12-10-19(31-3)11-13-20)18-8-5-16(6-9-18)23(27)25-17-7-14-22(30-2)21(24)15-17/h5-15H,4H2,1-3H3,(H,25,27). The molecule has 0 aliphatic carbocycles. The van der Waals surface area contributed by atoms with Crippen LogP contribution < -0.4 is 14.4 Å². The summed E-state index contributed by atoms with van der Waals surface area (Å²) < 4.78 is 32.7. The highest BCUT2D eigenvalue weighted by atomic mass is 35.5. The lowest BCUT2D eigenvalue weighted by Gasteiger charge is -2.23. The van der Waals surface area contributed by atoms with Gasteiger partial charge in [0.2, 0.25) is 0 Å². The van der Waals surface area contributed by atoms with E-state index in [9.17, 15) is 13.2 Å². The van der Waals surface area contributed by atoms with E-state index in [0.29, 0.717) is 27.7 Å². The van der Waals surface area contributed by atoms with Crippen molar-refractivity contribution in [2.75, 3.05) is 29.5 Å². The maximum absolute atomic E-state index is 13.1. The summed E-state index contributed by atoms with van der Waals surface area (Å²) in [6, 6.07) is 18.1. The molecule has 0 aliphatic rings. The molecule has 32 heavy (non-hydrogen) atoms. The van der Waals surface area contributed by atoms with Crippen LogP contribution in [0.3, 0.4) is 0 Å². The molecule has 0 fully saturated rings. The number of ether oxygens (including phenoxy) is 1. The van der Waals surface area contributed by atoms with E-state index in [2.05, 4.69) is 5.32 Å². The van der Waals surface area contributed by atoms with Crippen molar-refractivity contribution in [1.29, 1.82) is 0 Å². The fourth-order valence-corrected chi connectivity index (χ4v) is 5.23. The number of amides is 1. The number of thioether (sulfide) groups is 1. The summed E-state index contributed by atoms with van der Waals surface area (Å²) >= 11 is 7.65. The summed E-state index contributed by atoms with van der Waals surface area (Å²) in [6.07, 6.45) is 1.93. The molecule has 3 aromatic rings. The Morgan fingerprint density at radius 3 is 2.25 bits per heavy atom. The summed E-state index contributed by atoms with van der Waals surface area (Å²) in [5.74, 6) is 0.175. The molecule has 0 saturated carbocycles. The molecule has 0 unspecified atom stereocenters. The fraction of sp³-hybridized carbons (Fsp3) is 0.174. The number of benzene rings is 3. The first kappa shape index (κ1) is 24.0. The smallest absolute Gasteiger partial charge is 0.264 e. The molecular formula is C23H23ClN2O4S2. The number of anilines is 2. The number of rotatable bonds is 8. The molecule has 0 heterocycles. The van der Waals surface area contributed by atoms with E-state index in [-0.39, 0.29) is 17.3 Å². The highest BCUT2D eigenvalue weighted by molar-refractivity contribution is 7.98. The third-order valence-corrected chi connectivity index (χ3v) is 7.72. The minimum absolute atomic E-state index is 0.218. The van der Waals surface area contributed by atoms with Crippen LogP contribution in [0.1, 0.15) is 17.3 Å². The van der Waals surface area contributed by atoms with Crippen molar-refractivity contribution in [3.63, 3.8) is 0 Å². The second-order valence-corrected chi connectivity index (χ2v) is 9.84. The predicted octanol–water partition coefficient (Wildman–Crippen LogP) is 5.54. The van der Waals surface area contributed by atoms with Gasteiger partial charge in [0.25, 0.3) is 15.9 Å². The Morgan fingerprint density at radius 1 is 1.06 bits per heavy atom. The first-order valence-electron chi connectivity index (χ1n) is 9.72. The van der Waals surface area contributed by atoms with Crippen molar-refractivity contribution in [3.05, 3.63) is 77.3 Å². The van der Waals surface area contributed by atoms with E-state index in [0.717, 1.165) is 4.90 Å². The van der Waals surface area contributed by atoms with Crippen molar-refractivity contribution < 1.29 is 17.9 Å². The average Bonchev–Trinajstić information content (AvgIpc) is 2.80. The van der Waals surface area contributed by atoms with Gasteiger partial charge < -0.3 is 10.1 Å². The Kier molecular flexibility index (Phi) is 7.71. The van der Waals surface area contributed by atoms with Gasteiger partial charge in [-0.2, -0.15) is 0 Å². The molecule has 3 rings (SSSR count). The molecule has 0 atom stereocenters.